The molecule has 1 heterocycles. The highest BCUT2D eigenvalue weighted by Crippen LogP contribution is 2.11. The van der Waals surface area contributed by atoms with Gasteiger partial charge in [0.05, 0.1) is 0 Å². The minimum atomic E-state index is -0.892. The fourth-order valence-corrected chi connectivity index (χ4v) is 1.36. The van der Waals surface area contributed by atoms with Crippen molar-refractivity contribution in [1.82, 2.24) is 5.32 Å². The van der Waals surface area contributed by atoms with Crippen LogP contribution in [0.25, 0.3) is 0 Å². The van der Waals surface area contributed by atoms with Gasteiger partial charge in [0.2, 0.25) is 0 Å². The number of nitrogens with two attached hydrogens (primary N) is 2. The summed E-state index contributed by atoms with van der Waals surface area (Å²) in [5, 5.41) is 2.98. The number of carbonyl (C=O) groups excluding carboxylic acids is 2. The highest BCUT2D eigenvalue weighted by Gasteiger charge is 2.30. The van der Waals surface area contributed by atoms with Gasteiger partial charge < -0.3 is 26.3 Å². The molecule has 88 valence electrons. The van der Waals surface area contributed by atoms with Crippen LogP contribution in [-0.2, 0) is 9.47 Å². The lowest BCUT2D eigenvalue weighted by molar-refractivity contribution is -0.0182. The lowest BCUT2D eigenvalue weighted by atomic mass is 10.1. The van der Waals surface area contributed by atoms with Gasteiger partial charge in [-0.2, -0.15) is 0 Å². The summed E-state index contributed by atoms with van der Waals surface area (Å²) in [6, 6.07) is 0. The van der Waals surface area contributed by atoms with E-state index in [1.807, 2.05) is 0 Å². The first-order valence-corrected chi connectivity index (χ1v) is 4.22. The van der Waals surface area contributed by atoms with Crippen molar-refractivity contribution in [1.29, 1.82) is 0 Å². The van der Waals surface area contributed by atoms with Gasteiger partial charge in [-0.05, 0) is 6.54 Å². The molecular formula is C7H14ClN3O4. The van der Waals surface area contributed by atoms with E-state index in [-0.39, 0.29) is 12.4 Å². The molecule has 0 radical (unpaired) electrons. The van der Waals surface area contributed by atoms with E-state index < -0.39 is 24.4 Å². The van der Waals surface area contributed by atoms with Crippen LogP contribution in [0.5, 0.6) is 0 Å². The average Bonchev–Trinajstić information content (AvgIpc) is 2.06. The number of hydrogen-bond acceptors (Lipinski definition) is 5. The van der Waals surface area contributed by atoms with Crippen molar-refractivity contribution in [2.75, 3.05) is 13.1 Å². The summed E-state index contributed by atoms with van der Waals surface area (Å²) in [4.78, 5) is 21.0. The Morgan fingerprint density at radius 1 is 1.13 bits per heavy atom. The number of carbonyl (C=O) groups is 2. The summed E-state index contributed by atoms with van der Waals surface area (Å²) in [5.74, 6) is 0. The molecule has 1 aliphatic rings. The molecule has 1 rings (SSSR count). The zero-order valence-corrected chi connectivity index (χ0v) is 8.79. The van der Waals surface area contributed by atoms with E-state index in [4.69, 9.17) is 20.9 Å². The van der Waals surface area contributed by atoms with E-state index in [1.54, 1.807) is 0 Å². The molecule has 0 aromatic heterocycles. The fourth-order valence-electron chi connectivity index (χ4n) is 1.36. The quantitative estimate of drug-likeness (QED) is 0.591. The van der Waals surface area contributed by atoms with Crippen molar-refractivity contribution in [3.05, 3.63) is 0 Å². The van der Waals surface area contributed by atoms with Crippen LogP contribution in [0.15, 0.2) is 0 Å². The molecule has 0 spiro atoms. The van der Waals surface area contributed by atoms with Gasteiger partial charge in [-0.25, -0.2) is 9.59 Å². The van der Waals surface area contributed by atoms with E-state index in [0.717, 1.165) is 0 Å². The smallest absolute Gasteiger partial charge is 0.404 e. The Labute approximate surface area is 92.9 Å². The molecule has 8 heteroatoms. The Balaban J connectivity index is 0.00000196. The number of ether oxygens (including phenoxy) is 2. The molecule has 1 aliphatic heterocycles. The van der Waals surface area contributed by atoms with E-state index in [0.29, 0.717) is 19.5 Å². The first kappa shape index (κ1) is 13.8. The lowest BCUT2D eigenvalue weighted by Gasteiger charge is -2.30. The summed E-state index contributed by atoms with van der Waals surface area (Å²) < 4.78 is 9.52. The maximum atomic E-state index is 10.5. The second kappa shape index (κ2) is 6.31. The second-order valence-corrected chi connectivity index (χ2v) is 2.94. The van der Waals surface area contributed by atoms with Gasteiger partial charge in [0.15, 0.2) is 6.10 Å². The van der Waals surface area contributed by atoms with E-state index in [1.165, 1.54) is 0 Å². The highest BCUT2D eigenvalue weighted by atomic mass is 35.5. The van der Waals surface area contributed by atoms with Gasteiger partial charge in [0, 0.05) is 13.0 Å². The molecule has 2 unspecified atom stereocenters. The third kappa shape index (κ3) is 4.71. The molecule has 2 atom stereocenters. The number of nitrogens with one attached hydrogen (secondary N) is 1. The molecule has 0 aromatic rings. The third-order valence-electron chi connectivity index (χ3n) is 1.90. The molecule has 0 aromatic carbocycles. The van der Waals surface area contributed by atoms with Crippen LogP contribution >= 0.6 is 12.4 Å². The Hall–Kier alpha value is -1.21. The van der Waals surface area contributed by atoms with Crippen LogP contribution in [0.4, 0.5) is 9.59 Å². The van der Waals surface area contributed by atoms with Gasteiger partial charge in [-0.3, -0.25) is 0 Å². The van der Waals surface area contributed by atoms with Crippen molar-refractivity contribution in [3.63, 3.8) is 0 Å². The van der Waals surface area contributed by atoms with Crippen molar-refractivity contribution in [2.45, 2.75) is 18.6 Å². The van der Waals surface area contributed by atoms with Crippen molar-refractivity contribution >= 4 is 24.6 Å². The van der Waals surface area contributed by atoms with E-state index in [9.17, 15) is 9.59 Å². The summed E-state index contributed by atoms with van der Waals surface area (Å²) in [7, 11) is 0. The predicted octanol–water partition coefficient (Wildman–Crippen LogP) is -0.671. The standard InChI is InChI=1S/C7H13N3O4.ClH/c8-6(11)13-4-1-2-10-3-5(4)14-7(9)12;/h4-5,10H,1-3H2,(H2,8,11)(H2,9,12);1H. The van der Waals surface area contributed by atoms with Crippen LogP contribution in [0.2, 0.25) is 0 Å². The van der Waals surface area contributed by atoms with Gasteiger partial charge in [0.25, 0.3) is 0 Å². The van der Waals surface area contributed by atoms with Crippen LogP contribution in [0.3, 0.4) is 0 Å². The van der Waals surface area contributed by atoms with Crippen LogP contribution in [-0.4, -0.2) is 37.5 Å². The molecule has 2 amide bonds. The Bertz CT molecular complexity index is 214. The zero-order chi connectivity index (χ0) is 10.6. The number of amides is 2. The van der Waals surface area contributed by atoms with Crippen molar-refractivity contribution in [3.8, 4) is 0 Å². The van der Waals surface area contributed by atoms with E-state index >= 15 is 0 Å². The minimum absolute atomic E-state index is 0. The molecule has 5 N–H and O–H groups in total. The SMILES string of the molecule is Cl.NC(=O)OC1CCNCC1OC(N)=O. The number of primary amides is 2. The second-order valence-electron chi connectivity index (χ2n) is 2.94. The fraction of sp³-hybridized carbons (Fsp3) is 0.714. The topological polar surface area (TPSA) is 117 Å². The molecule has 0 bridgehead atoms. The third-order valence-corrected chi connectivity index (χ3v) is 1.90. The zero-order valence-electron chi connectivity index (χ0n) is 7.97. The van der Waals surface area contributed by atoms with Gasteiger partial charge >= 0.3 is 12.2 Å². The molecule has 7 nitrogen and oxygen atoms in total. The molecule has 1 fully saturated rings. The molecule has 1 saturated heterocycles. The Kier molecular flexibility index (Phi) is 5.80. The van der Waals surface area contributed by atoms with Crippen LogP contribution < -0.4 is 16.8 Å². The summed E-state index contributed by atoms with van der Waals surface area (Å²) in [6.07, 6.45) is -2.30. The van der Waals surface area contributed by atoms with Crippen molar-refractivity contribution in [2.24, 2.45) is 11.5 Å². The normalized spacial score (nSPS) is 24.8. The maximum absolute atomic E-state index is 10.5. The Morgan fingerprint density at radius 2 is 1.67 bits per heavy atom. The lowest BCUT2D eigenvalue weighted by Crippen LogP contribution is -2.49. The largest absolute Gasteiger partial charge is 0.442 e. The molecule has 0 saturated carbocycles. The first-order chi connectivity index (χ1) is 6.59. The van der Waals surface area contributed by atoms with Gasteiger partial charge in [-0.1, -0.05) is 0 Å². The number of rotatable bonds is 2. The van der Waals surface area contributed by atoms with Gasteiger partial charge in [0.1, 0.15) is 6.10 Å². The number of halogens is 1. The molecular weight excluding hydrogens is 226 g/mol. The monoisotopic (exact) mass is 239 g/mol. The summed E-state index contributed by atoms with van der Waals surface area (Å²) in [6.45, 7) is 1.08. The predicted molar refractivity (Wildman–Crippen MR) is 53.6 cm³/mol. The summed E-state index contributed by atoms with van der Waals surface area (Å²) >= 11 is 0. The molecule has 15 heavy (non-hydrogen) atoms. The van der Waals surface area contributed by atoms with Gasteiger partial charge in [-0.15, -0.1) is 12.4 Å². The minimum Gasteiger partial charge on any atom is -0.442 e. The average molecular weight is 240 g/mol. The van der Waals surface area contributed by atoms with Crippen molar-refractivity contribution < 1.29 is 19.1 Å². The first-order valence-electron chi connectivity index (χ1n) is 4.22. The number of hydrogen-bond donors (Lipinski definition) is 3. The Morgan fingerprint density at radius 3 is 2.20 bits per heavy atom. The molecule has 0 aliphatic carbocycles. The summed E-state index contributed by atoms with van der Waals surface area (Å²) in [5.41, 5.74) is 9.72. The van der Waals surface area contributed by atoms with Crippen LogP contribution in [0.1, 0.15) is 6.42 Å². The van der Waals surface area contributed by atoms with E-state index in [2.05, 4.69) is 5.32 Å². The maximum Gasteiger partial charge on any atom is 0.404 e. The number of piperidine rings is 1. The van der Waals surface area contributed by atoms with Crippen LogP contribution in [0, 0.1) is 0 Å². The highest BCUT2D eigenvalue weighted by molar-refractivity contribution is 5.85.